The van der Waals surface area contributed by atoms with Crippen LogP contribution in [0.1, 0.15) is 9.67 Å². The van der Waals surface area contributed by atoms with Crippen molar-refractivity contribution >= 4 is 83.9 Å². The molecule has 1 aromatic carbocycles. The molecule has 0 N–H and O–H groups in total. The molecule has 3 rings (SSSR count). The highest BCUT2D eigenvalue weighted by Crippen LogP contribution is 2.34. The molecule has 4 nitrogen and oxygen atoms in total. The Labute approximate surface area is 174 Å². The van der Waals surface area contributed by atoms with Crippen LogP contribution in [0.2, 0.25) is 5.02 Å². The average Bonchev–Trinajstić information content (AvgIpc) is 3.14. The lowest BCUT2D eigenvalue weighted by atomic mass is 10.3. The van der Waals surface area contributed by atoms with E-state index in [-0.39, 0.29) is 18.3 Å². The van der Waals surface area contributed by atoms with Gasteiger partial charge in [0.05, 0.1) is 18.4 Å². The van der Waals surface area contributed by atoms with Crippen molar-refractivity contribution in [1.29, 1.82) is 0 Å². The Kier molecular flexibility index (Phi) is 7.25. The minimum absolute atomic E-state index is 0. The van der Waals surface area contributed by atoms with Gasteiger partial charge in [0.1, 0.15) is 5.52 Å². The summed E-state index contributed by atoms with van der Waals surface area (Å²) in [6, 6.07) is 9.40. The fourth-order valence-corrected chi connectivity index (χ4v) is 4.79. The largest absolute Gasteiger partial charge is 0.308 e. The maximum absolute atomic E-state index is 13.0. The Morgan fingerprint density at radius 2 is 1.96 bits per heavy atom. The molecule has 0 atom stereocenters. The van der Waals surface area contributed by atoms with Crippen LogP contribution in [-0.2, 0) is 0 Å². The van der Waals surface area contributed by atoms with Gasteiger partial charge in [0.2, 0.25) is 0 Å². The molecular formula is C16H16BrCl2N3OS2. The lowest BCUT2D eigenvalue weighted by Gasteiger charge is -2.21. The van der Waals surface area contributed by atoms with Crippen molar-refractivity contribution in [3.63, 3.8) is 0 Å². The summed E-state index contributed by atoms with van der Waals surface area (Å²) in [4.78, 5) is 22.0. The number of halogens is 3. The molecule has 0 aliphatic carbocycles. The first-order chi connectivity index (χ1) is 11.5. The van der Waals surface area contributed by atoms with Crippen LogP contribution in [0, 0.1) is 0 Å². The second-order valence-electron chi connectivity index (χ2n) is 5.45. The number of fused-ring (bicyclic) bond motifs is 1. The van der Waals surface area contributed by atoms with Crippen LogP contribution in [-0.4, -0.2) is 43.0 Å². The Bertz CT molecular complexity index is 881. The van der Waals surface area contributed by atoms with E-state index < -0.39 is 0 Å². The van der Waals surface area contributed by atoms with Gasteiger partial charge in [0.15, 0.2) is 5.13 Å². The molecule has 0 unspecified atom stereocenters. The third-order valence-electron chi connectivity index (χ3n) is 3.39. The van der Waals surface area contributed by atoms with Crippen molar-refractivity contribution in [2.75, 3.05) is 32.1 Å². The maximum atomic E-state index is 13.0. The quantitative estimate of drug-likeness (QED) is 0.490. The SMILES string of the molecule is CN(C)CCN(C(=O)c1ccc(Br)s1)c1nc2c(Cl)cccc2s1.Cl. The number of hydrogen-bond acceptors (Lipinski definition) is 5. The number of rotatable bonds is 5. The number of nitrogens with zero attached hydrogens (tertiary/aromatic N) is 3. The lowest BCUT2D eigenvalue weighted by Crippen LogP contribution is -2.36. The molecule has 0 bridgehead atoms. The number of anilines is 1. The van der Waals surface area contributed by atoms with E-state index in [0.717, 1.165) is 20.5 Å². The van der Waals surface area contributed by atoms with Crippen LogP contribution in [0.25, 0.3) is 10.2 Å². The predicted octanol–water partition coefficient (Wildman–Crippen LogP) is 5.40. The zero-order valence-electron chi connectivity index (χ0n) is 13.5. The van der Waals surface area contributed by atoms with Gasteiger partial charge in [0, 0.05) is 13.1 Å². The molecule has 0 radical (unpaired) electrons. The second kappa shape index (κ2) is 8.79. The number of carbonyl (C=O) groups excluding carboxylic acids is 1. The molecular weight excluding hydrogens is 465 g/mol. The number of carbonyl (C=O) groups is 1. The Hall–Kier alpha value is -0.700. The van der Waals surface area contributed by atoms with Gasteiger partial charge in [-0.1, -0.05) is 29.0 Å². The normalized spacial score (nSPS) is 10.9. The zero-order valence-corrected chi connectivity index (χ0v) is 18.3. The molecule has 25 heavy (non-hydrogen) atoms. The summed E-state index contributed by atoms with van der Waals surface area (Å²) in [5, 5.41) is 1.28. The molecule has 0 aliphatic rings. The van der Waals surface area contributed by atoms with E-state index in [0.29, 0.717) is 21.6 Å². The lowest BCUT2D eigenvalue weighted by molar-refractivity contribution is 0.0989. The van der Waals surface area contributed by atoms with Gasteiger partial charge in [-0.2, -0.15) is 0 Å². The molecule has 1 amide bonds. The zero-order chi connectivity index (χ0) is 17.3. The van der Waals surface area contributed by atoms with Gasteiger partial charge in [-0.15, -0.1) is 23.7 Å². The molecule has 3 aromatic rings. The third-order valence-corrected chi connectivity index (χ3v) is 6.35. The van der Waals surface area contributed by atoms with Crippen LogP contribution < -0.4 is 4.90 Å². The summed E-state index contributed by atoms with van der Waals surface area (Å²) < 4.78 is 1.92. The summed E-state index contributed by atoms with van der Waals surface area (Å²) in [6.07, 6.45) is 0. The molecule has 2 aromatic heterocycles. The number of thiazole rings is 1. The molecule has 0 spiro atoms. The summed E-state index contributed by atoms with van der Waals surface area (Å²) in [6.45, 7) is 1.32. The number of amides is 1. The number of benzene rings is 1. The van der Waals surface area contributed by atoms with Gasteiger partial charge in [-0.3, -0.25) is 9.69 Å². The van der Waals surface area contributed by atoms with Crippen molar-refractivity contribution in [3.8, 4) is 0 Å². The van der Waals surface area contributed by atoms with E-state index in [1.165, 1.54) is 22.7 Å². The minimum atomic E-state index is -0.0391. The first-order valence-electron chi connectivity index (χ1n) is 7.22. The highest BCUT2D eigenvalue weighted by atomic mass is 79.9. The second-order valence-corrected chi connectivity index (χ2v) is 9.33. The molecule has 0 saturated heterocycles. The standard InChI is InChI=1S/C16H15BrClN3OS2.ClH/c1-20(2)8-9-21(15(22)12-6-7-13(17)23-12)16-19-14-10(18)4-3-5-11(14)24-16;/h3-7H,8-9H2,1-2H3;1H. The van der Waals surface area contributed by atoms with Gasteiger partial charge in [0.25, 0.3) is 5.91 Å². The van der Waals surface area contributed by atoms with Crippen molar-refractivity contribution in [3.05, 3.63) is 44.0 Å². The number of thiophene rings is 1. The highest BCUT2D eigenvalue weighted by Gasteiger charge is 2.23. The molecule has 134 valence electrons. The van der Waals surface area contributed by atoms with Gasteiger partial charge in [-0.05, 0) is 54.3 Å². The van der Waals surface area contributed by atoms with Crippen LogP contribution in [0.4, 0.5) is 5.13 Å². The fraction of sp³-hybridized carbons (Fsp3) is 0.250. The number of likely N-dealkylation sites (N-methyl/N-ethyl adjacent to an activating group) is 1. The number of hydrogen-bond donors (Lipinski definition) is 0. The topological polar surface area (TPSA) is 36.4 Å². The molecule has 0 fully saturated rings. The first kappa shape index (κ1) is 20.6. The van der Waals surface area contributed by atoms with Crippen LogP contribution in [0.15, 0.2) is 34.1 Å². The molecule has 9 heteroatoms. The van der Waals surface area contributed by atoms with Crippen LogP contribution >= 0.6 is 62.6 Å². The van der Waals surface area contributed by atoms with E-state index in [4.69, 9.17) is 11.6 Å². The van der Waals surface area contributed by atoms with E-state index in [2.05, 4.69) is 20.9 Å². The van der Waals surface area contributed by atoms with Gasteiger partial charge < -0.3 is 4.90 Å². The summed E-state index contributed by atoms with van der Waals surface area (Å²) in [5.74, 6) is -0.0391. The molecule has 0 aliphatic heterocycles. The van der Waals surface area contributed by atoms with E-state index in [1.807, 2.05) is 49.3 Å². The number of aromatic nitrogens is 1. The Balaban J connectivity index is 0.00000225. The van der Waals surface area contributed by atoms with Crippen LogP contribution in [0.3, 0.4) is 0 Å². The number of para-hydroxylation sites is 1. The first-order valence-corrected chi connectivity index (χ1v) is 10.0. The monoisotopic (exact) mass is 479 g/mol. The van der Waals surface area contributed by atoms with Gasteiger partial charge in [-0.25, -0.2) is 4.98 Å². The summed E-state index contributed by atoms with van der Waals surface area (Å²) >= 11 is 12.6. The predicted molar refractivity (Wildman–Crippen MR) is 114 cm³/mol. The summed E-state index contributed by atoms with van der Waals surface area (Å²) in [5.41, 5.74) is 0.745. The van der Waals surface area contributed by atoms with E-state index >= 15 is 0 Å². The smallest absolute Gasteiger partial charge is 0.270 e. The van der Waals surface area contributed by atoms with Crippen molar-refractivity contribution in [1.82, 2.24) is 9.88 Å². The maximum Gasteiger partial charge on any atom is 0.270 e. The van der Waals surface area contributed by atoms with Crippen LogP contribution in [0.5, 0.6) is 0 Å². The molecule has 0 saturated carbocycles. The highest BCUT2D eigenvalue weighted by molar-refractivity contribution is 9.11. The Morgan fingerprint density at radius 3 is 2.56 bits per heavy atom. The van der Waals surface area contributed by atoms with Gasteiger partial charge >= 0.3 is 0 Å². The Morgan fingerprint density at radius 1 is 1.20 bits per heavy atom. The average molecular weight is 481 g/mol. The van der Waals surface area contributed by atoms with Crippen molar-refractivity contribution < 1.29 is 4.79 Å². The molecule has 2 heterocycles. The van der Waals surface area contributed by atoms with E-state index in [1.54, 1.807) is 4.90 Å². The van der Waals surface area contributed by atoms with Crippen molar-refractivity contribution in [2.24, 2.45) is 0 Å². The fourth-order valence-electron chi connectivity index (χ4n) is 2.16. The minimum Gasteiger partial charge on any atom is -0.308 e. The van der Waals surface area contributed by atoms with E-state index in [9.17, 15) is 4.79 Å². The summed E-state index contributed by atoms with van der Waals surface area (Å²) in [7, 11) is 3.97. The third kappa shape index (κ3) is 4.72. The van der Waals surface area contributed by atoms with Crippen molar-refractivity contribution in [2.45, 2.75) is 0 Å².